The number of benzene rings is 2. The minimum Gasteiger partial charge on any atom is -0.377 e. The second-order valence-electron chi connectivity index (χ2n) is 5.52. The molecule has 0 saturated carbocycles. The van der Waals surface area contributed by atoms with E-state index in [1.54, 1.807) is 0 Å². The third-order valence-electron chi connectivity index (χ3n) is 3.50. The van der Waals surface area contributed by atoms with Crippen LogP contribution < -0.4 is 15.5 Å². The SMILES string of the molecule is Cc1ccc(NC(=S)Nc2noc3cccc(N(C)C)c23)cc1. The van der Waals surface area contributed by atoms with Crippen LogP contribution in [0.4, 0.5) is 17.2 Å². The fourth-order valence-electron chi connectivity index (χ4n) is 2.34. The summed E-state index contributed by atoms with van der Waals surface area (Å²) in [4.78, 5) is 2.02. The van der Waals surface area contributed by atoms with Crippen LogP contribution in [0.15, 0.2) is 47.0 Å². The van der Waals surface area contributed by atoms with Crippen LogP contribution in [0.25, 0.3) is 11.0 Å². The third-order valence-corrected chi connectivity index (χ3v) is 3.70. The van der Waals surface area contributed by atoms with E-state index >= 15 is 0 Å². The molecule has 1 aromatic heterocycles. The van der Waals surface area contributed by atoms with Crippen LogP contribution in [0.5, 0.6) is 0 Å². The lowest BCUT2D eigenvalue weighted by atomic mass is 10.2. The molecule has 0 saturated heterocycles. The monoisotopic (exact) mass is 326 g/mol. The molecule has 3 rings (SSSR count). The largest absolute Gasteiger partial charge is 0.377 e. The Morgan fingerprint density at radius 2 is 1.83 bits per heavy atom. The van der Waals surface area contributed by atoms with Crippen molar-refractivity contribution in [1.29, 1.82) is 0 Å². The molecular formula is C17H18N4OS. The van der Waals surface area contributed by atoms with Crippen LogP contribution >= 0.6 is 12.2 Å². The summed E-state index contributed by atoms with van der Waals surface area (Å²) >= 11 is 5.37. The molecule has 2 N–H and O–H groups in total. The van der Waals surface area contributed by atoms with E-state index in [0.29, 0.717) is 10.9 Å². The summed E-state index contributed by atoms with van der Waals surface area (Å²) in [6.45, 7) is 2.05. The number of aromatic nitrogens is 1. The number of nitrogens with zero attached hydrogens (tertiary/aromatic N) is 2. The molecule has 0 bridgehead atoms. The molecule has 5 nitrogen and oxygen atoms in total. The van der Waals surface area contributed by atoms with Crippen molar-refractivity contribution in [2.45, 2.75) is 6.92 Å². The van der Waals surface area contributed by atoms with Gasteiger partial charge in [-0.05, 0) is 43.4 Å². The Hall–Kier alpha value is -2.60. The molecule has 6 heteroatoms. The number of aryl methyl sites for hydroxylation is 1. The fraction of sp³-hybridized carbons (Fsp3) is 0.176. The molecule has 3 aromatic rings. The summed E-state index contributed by atoms with van der Waals surface area (Å²) in [5, 5.41) is 11.7. The average molecular weight is 326 g/mol. The van der Waals surface area contributed by atoms with Crippen LogP contribution in [0.1, 0.15) is 5.56 Å². The van der Waals surface area contributed by atoms with Gasteiger partial charge in [-0.2, -0.15) is 0 Å². The Balaban J connectivity index is 1.83. The highest BCUT2D eigenvalue weighted by Crippen LogP contribution is 2.31. The quantitative estimate of drug-likeness (QED) is 0.709. The van der Waals surface area contributed by atoms with Crippen molar-refractivity contribution in [3.05, 3.63) is 48.0 Å². The number of anilines is 3. The van der Waals surface area contributed by atoms with E-state index in [-0.39, 0.29) is 0 Å². The zero-order valence-corrected chi connectivity index (χ0v) is 14.1. The Morgan fingerprint density at radius 1 is 1.09 bits per heavy atom. The standard InChI is InChI=1S/C17H18N4OS/c1-11-7-9-12(10-8-11)18-17(23)19-16-15-13(21(2)3)5-4-6-14(15)22-20-16/h4-10H,1-3H3,(H2,18,19,20,23). The van der Waals surface area contributed by atoms with Crippen LogP contribution in [0, 0.1) is 6.92 Å². The van der Waals surface area contributed by atoms with Gasteiger partial charge in [0.25, 0.3) is 0 Å². The summed E-state index contributed by atoms with van der Waals surface area (Å²) < 4.78 is 5.38. The molecule has 0 radical (unpaired) electrons. The molecule has 2 aromatic carbocycles. The van der Waals surface area contributed by atoms with Gasteiger partial charge in [-0.15, -0.1) is 0 Å². The Kier molecular flexibility index (Phi) is 4.16. The molecule has 1 heterocycles. The van der Waals surface area contributed by atoms with Crippen LogP contribution in [-0.4, -0.2) is 24.4 Å². The van der Waals surface area contributed by atoms with Gasteiger partial charge in [0, 0.05) is 19.8 Å². The summed E-state index contributed by atoms with van der Waals surface area (Å²) in [5.74, 6) is 0.605. The molecule has 0 aliphatic rings. The highest BCUT2D eigenvalue weighted by atomic mass is 32.1. The van der Waals surface area contributed by atoms with Crippen LogP contribution in [0.3, 0.4) is 0 Å². The first kappa shape index (κ1) is 15.3. The number of fused-ring (bicyclic) bond motifs is 1. The maximum absolute atomic E-state index is 5.38. The second kappa shape index (κ2) is 6.26. The summed E-state index contributed by atoms with van der Waals surface area (Å²) in [5.41, 5.74) is 3.86. The Labute approximate surface area is 140 Å². The molecule has 0 unspecified atom stereocenters. The maximum atomic E-state index is 5.38. The summed E-state index contributed by atoms with van der Waals surface area (Å²) in [6, 6.07) is 13.9. The minimum absolute atomic E-state index is 0.470. The van der Waals surface area contributed by atoms with E-state index < -0.39 is 0 Å². The third kappa shape index (κ3) is 3.27. The van der Waals surface area contributed by atoms with Crippen molar-refractivity contribution in [2.24, 2.45) is 0 Å². The topological polar surface area (TPSA) is 53.3 Å². The van der Waals surface area contributed by atoms with E-state index in [1.165, 1.54) is 5.56 Å². The van der Waals surface area contributed by atoms with E-state index in [0.717, 1.165) is 22.3 Å². The van der Waals surface area contributed by atoms with Crippen molar-refractivity contribution >= 4 is 45.5 Å². The number of hydrogen-bond donors (Lipinski definition) is 2. The van der Waals surface area contributed by atoms with Gasteiger partial charge in [-0.3, -0.25) is 0 Å². The predicted molar refractivity (Wildman–Crippen MR) is 99.4 cm³/mol. The molecule has 118 valence electrons. The first-order valence-electron chi connectivity index (χ1n) is 7.25. The van der Waals surface area contributed by atoms with Gasteiger partial charge in [0.1, 0.15) is 0 Å². The van der Waals surface area contributed by atoms with Crippen LogP contribution in [0.2, 0.25) is 0 Å². The first-order chi connectivity index (χ1) is 11.0. The van der Waals surface area contributed by atoms with Gasteiger partial charge < -0.3 is 20.1 Å². The molecule has 0 amide bonds. The van der Waals surface area contributed by atoms with E-state index in [9.17, 15) is 0 Å². The van der Waals surface area contributed by atoms with E-state index in [2.05, 4.69) is 15.8 Å². The van der Waals surface area contributed by atoms with Crippen molar-refractivity contribution < 1.29 is 4.52 Å². The lowest BCUT2D eigenvalue weighted by Gasteiger charge is -2.14. The van der Waals surface area contributed by atoms with E-state index in [4.69, 9.17) is 16.7 Å². The average Bonchev–Trinajstić information content (AvgIpc) is 2.92. The number of rotatable bonds is 3. The molecule has 0 atom stereocenters. The van der Waals surface area contributed by atoms with Crippen molar-refractivity contribution in [2.75, 3.05) is 29.6 Å². The second-order valence-corrected chi connectivity index (χ2v) is 5.93. The Morgan fingerprint density at radius 3 is 2.52 bits per heavy atom. The predicted octanol–water partition coefficient (Wildman–Crippen LogP) is 4.01. The van der Waals surface area contributed by atoms with Crippen molar-refractivity contribution in [3.8, 4) is 0 Å². The number of thiocarbonyl (C=S) groups is 1. The maximum Gasteiger partial charge on any atom is 0.185 e. The summed E-state index contributed by atoms with van der Waals surface area (Å²) in [7, 11) is 3.96. The van der Waals surface area contributed by atoms with Gasteiger partial charge in [0.05, 0.1) is 11.1 Å². The van der Waals surface area contributed by atoms with Crippen molar-refractivity contribution in [1.82, 2.24) is 5.16 Å². The molecular weight excluding hydrogens is 308 g/mol. The zero-order valence-electron chi connectivity index (χ0n) is 13.3. The fourth-order valence-corrected chi connectivity index (χ4v) is 2.55. The first-order valence-corrected chi connectivity index (χ1v) is 7.66. The molecule has 0 aliphatic carbocycles. The van der Waals surface area contributed by atoms with Crippen molar-refractivity contribution in [3.63, 3.8) is 0 Å². The van der Waals surface area contributed by atoms with Gasteiger partial charge in [0.15, 0.2) is 16.5 Å². The minimum atomic E-state index is 0.470. The normalized spacial score (nSPS) is 10.6. The van der Waals surface area contributed by atoms with Gasteiger partial charge >= 0.3 is 0 Å². The van der Waals surface area contributed by atoms with E-state index in [1.807, 2.05) is 68.4 Å². The lowest BCUT2D eigenvalue weighted by molar-refractivity contribution is 0.460. The molecule has 0 spiro atoms. The zero-order chi connectivity index (χ0) is 16.4. The van der Waals surface area contributed by atoms with Gasteiger partial charge in [-0.1, -0.05) is 28.9 Å². The number of hydrogen-bond acceptors (Lipinski definition) is 4. The van der Waals surface area contributed by atoms with Gasteiger partial charge in [-0.25, -0.2) is 0 Å². The molecule has 0 fully saturated rings. The van der Waals surface area contributed by atoms with Gasteiger partial charge in [0.2, 0.25) is 0 Å². The summed E-state index contributed by atoms with van der Waals surface area (Å²) in [6.07, 6.45) is 0. The highest BCUT2D eigenvalue weighted by molar-refractivity contribution is 7.80. The highest BCUT2D eigenvalue weighted by Gasteiger charge is 2.14. The molecule has 23 heavy (non-hydrogen) atoms. The smallest absolute Gasteiger partial charge is 0.185 e. The number of nitrogens with one attached hydrogen (secondary N) is 2. The van der Waals surface area contributed by atoms with Crippen LogP contribution in [-0.2, 0) is 0 Å². The Bertz CT molecular complexity index is 839. The lowest BCUT2D eigenvalue weighted by Crippen LogP contribution is -2.19. The molecule has 0 aliphatic heterocycles.